The molecular formula is C56H40BClF6N12O4S2. The SMILES string of the molecule is C[C@H](Nc1ncnc2scnc12)c1cc2cccc(-c3ccnc(C(F)(F)F)c3)c2c(=O)n1-c1ccccc1.C[C@H](Nc1ncnc2scnc12)c1cc2cccc(Cl)c2c(=O)n1-c1ccccc1.OB(O)c1ccnc(C(F)(F)F)c1. The Morgan fingerprint density at radius 1 is 0.549 bits per heavy atom. The second kappa shape index (κ2) is 23.6. The van der Waals surface area contributed by atoms with Gasteiger partial charge < -0.3 is 20.7 Å². The summed E-state index contributed by atoms with van der Waals surface area (Å²) < 4.78 is 79.5. The smallest absolute Gasteiger partial charge is 0.423 e. The van der Waals surface area contributed by atoms with Gasteiger partial charge in [-0.3, -0.25) is 28.7 Å². The van der Waals surface area contributed by atoms with Crippen molar-refractivity contribution in [3.8, 4) is 22.5 Å². The highest BCUT2D eigenvalue weighted by atomic mass is 35.5. The van der Waals surface area contributed by atoms with Crippen LogP contribution in [0.3, 0.4) is 0 Å². The van der Waals surface area contributed by atoms with Crippen molar-refractivity contribution in [2.75, 3.05) is 10.6 Å². The van der Waals surface area contributed by atoms with E-state index in [1.807, 2.05) is 98.8 Å². The molecule has 0 bridgehead atoms. The Hall–Kier alpha value is -9.01. The quantitative estimate of drug-likeness (QED) is 0.0741. The molecule has 412 valence electrons. The first-order valence-electron chi connectivity index (χ1n) is 24.5. The van der Waals surface area contributed by atoms with Crippen LogP contribution in [0.5, 0.6) is 0 Å². The van der Waals surface area contributed by atoms with Crippen LogP contribution >= 0.6 is 34.3 Å². The maximum absolute atomic E-state index is 14.2. The third-order valence-electron chi connectivity index (χ3n) is 12.7. The van der Waals surface area contributed by atoms with Gasteiger partial charge in [0.15, 0.2) is 11.6 Å². The van der Waals surface area contributed by atoms with Crippen LogP contribution in [0.15, 0.2) is 179 Å². The normalized spacial score (nSPS) is 12.3. The van der Waals surface area contributed by atoms with Crippen molar-refractivity contribution in [3.05, 3.63) is 218 Å². The average molecular weight is 1170 g/mol. The number of aromatic nitrogens is 10. The summed E-state index contributed by atoms with van der Waals surface area (Å²) in [5.41, 5.74) is 5.34. The molecule has 0 unspecified atom stereocenters. The topological polar surface area (TPSA) is 212 Å². The van der Waals surface area contributed by atoms with Crippen LogP contribution in [-0.2, 0) is 12.4 Å². The van der Waals surface area contributed by atoms with Crippen molar-refractivity contribution >= 4 is 101 Å². The van der Waals surface area contributed by atoms with E-state index in [1.165, 1.54) is 41.4 Å². The van der Waals surface area contributed by atoms with Crippen molar-refractivity contribution in [1.29, 1.82) is 0 Å². The fraction of sp³-hybridized carbons (Fsp3) is 0.107. The molecule has 0 aliphatic heterocycles. The van der Waals surface area contributed by atoms with E-state index in [-0.39, 0.29) is 28.2 Å². The number of hydrogen-bond donors (Lipinski definition) is 4. The van der Waals surface area contributed by atoms with E-state index in [2.05, 4.69) is 50.5 Å². The van der Waals surface area contributed by atoms with Crippen LogP contribution in [0.25, 0.3) is 64.7 Å². The zero-order valence-electron chi connectivity index (χ0n) is 42.5. The van der Waals surface area contributed by atoms with Gasteiger partial charge in [0.05, 0.1) is 38.9 Å². The first-order valence-corrected chi connectivity index (χ1v) is 26.7. The number of halogens is 7. The van der Waals surface area contributed by atoms with Crippen LogP contribution in [0.2, 0.25) is 5.02 Å². The number of pyridine rings is 4. The van der Waals surface area contributed by atoms with Crippen molar-refractivity contribution < 1.29 is 36.4 Å². The van der Waals surface area contributed by atoms with E-state index < -0.39 is 36.9 Å². The maximum atomic E-state index is 14.2. The van der Waals surface area contributed by atoms with Gasteiger partial charge in [-0.2, -0.15) is 26.3 Å². The van der Waals surface area contributed by atoms with Gasteiger partial charge >= 0.3 is 19.5 Å². The molecule has 16 nitrogen and oxygen atoms in total. The highest BCUT2D eigenvalue weighted by Gasteiger charge is 2.34. The van der Waals surface area contributed by atoms with E-state index in [1.54, 1.807) is 44.4 Å². The Labute approximate surface area is 473 Å². The molecule has 12 aromatic rings. The van der Waals surface area contributed by atoms with E-state index >= 15 is 0 Å². The lowest BCUT2D eigenvalue weighted by molar-refractivity contribution is -0.141. The summed E-state index contributed by atoms with van der Waals surface area (Å²) in [5.74, 6) is 1.16. The molecule has 2 atom stereocenters. The Bertz CT molecular complexity index is 4400. The number of nitrogens with one attached hydrogen (secondary N) is 2. The monoisotopic (exact) mass is 1170 g/mol. The molecule has 4 N–H and O–H groups in total. The Balaban J connectivity index is 0.000000154. The number of thiazole rings is 2. The van der Waals surface area contributed by atoms with Gasteiger partial charge in [-0.05, 0) is 108 Å². The van der Waals surface area contributed by atoms with Crippen LogP contribution in [0, 0.1) is 0 Å². The minimum atomic E-state index is -4.61. The molecule has 0 aliphatic carbocycles. The van der Waals surface area contributed by atoms with Gasteiger partial charge in [-0.25, -0.2) is 29.9 Å². The molecule has 0 aliphatic rings. The maximum Gasteiger partial charge on any atom is 0.488 e. The minimum absolute atomic E-state index is 0.158. The molecular weight excluding hydrogens is 1130 g/mol. The predicted octanol–water partition coefficient (Wildman–Crippen LogP) is 11.6. The highest BCUT2D eigenvalue weighted by Crippen LogP contribution is 2.35. The molecule has 0 spiro atoms. The van der Waals surface area contributed by atoms with E-state index in [0.29, 0.717) is 66.9 Å². The summed E-state index contributed by atoms with van der Waals surface area (Å²) in [5, 5.41) is 26.6. The molecule has 26 heteroatoms. The average Bonchev–Trinajstić information content (AvgIpc) is 4.30. The van der Waals surface area contributed by atoms with Gasteiger partial charge in [-0.1, -0.05) is 78.3 Å². The summed E-state index contributed by atoms with van der Waals surface area (Å²) in [4.78, 5) is 61.7. The number of nitrogens with zero attached hydrogens (tertiary/aromatic N) is 10. The number of hydrogen-bond acceptors (Lipinski definition) is 16. The van der Waals surface area contributed by atoms with Crippen molar-refractivity contribution in [1.82, 2.24) is 49.0 Å². The van der Waals surface area contributed by atoms with Gasteiger partial charge in [-0.15, -0.1) is 22.7 Å². The molecule has 0 saturated carbocycles. The molecule has 0 amide bonds. The summed E-state index contributed by atoms with van der Waals surface area (Å²) >= 11 is 9.24. The number of benzene rings is 4. The van der Waals surface area contributed by atoms with Gasteiger partial charge in [0.25, 0.3) is 11.1 Å². The van der Waals surface area contributed by atoms with Crippen LogP contribution in [0.4, 0.5) is 38.0 Å². The van der Waals surface area contributed by atoms with Crippen molar-refractivity contribution in [2.45, 2.75) is 38.3 Å². The first-order chi connectivity index (χ1) is 39.3. The Kier molecular flexibility index (Phi) is 16.2. The summed E-state index contributed by atoms with van der Waals surface area (Å²) in [6.45, 7) is 3.90. The molecule has 0 fully saturated rings. The Morgan fingerprint density at radius 2 is 1.02 bits per heavy atom. The van der Waals surface area contributed by atoms with E-state index in [4.69, 9.17) is 21.6 Å². The van der Waals surface area contributed by atoms with E-state index in [0.717, 1.165) is 51.0 Å². The molecule has 12 rings (SSSR count). The third kappa shape index (κ3) is 11.9. The number of alkyl halides is 6. The lowest BCUT2D eigenvalue weighted by Crippen LogP contribution is -2.31. The number of fused-ring (bicyclic) bond motifs is 4. The highest BCUT2D eigenvalue weighted by molar-refractivity contribution is 7.16. The van der Waals surface area contributed by atoms with Crippen LogP contribution in [0.1, 0.15) is 48.7 Å². The summed E-state index contributed by atoms with van der Waals surface area (Å²) in [6.07, 6.45) is -4.23. The van der Waals surface area contributed by atoms with Gasteiger partial charge in [0.2, 0.25) is 0 Å². The Morgan fingerprint density at radius 3 is 1.54 bits per heavy atom. The van der Waals surface area contributed by atoms with Crippen LogP contribution < -0.4 is 27.2 Å². The minimum Gasteiger partial charge on any atom is -0.423 e. The molecule has 82 heavy (non-hydrogen) atoms. The zero-order valence-corrected chi connectivity index (χ0v) is 44.9. The molecule has 8 heterocycles. The fourth-order valence-corrected chi connectivity index (χ4v) is 10.5. The molecule has 0 radical (unpaired) electrons. The van der Waals surface area contributed by atoms with E-state index in [9.17, 15) is 35.9 Å². The first kappa shape index (κ1) is 56.3. The van der Waals surface area contributed by atoms with Gasteiger partial charge in [0, 0.05) is 35.2 Å². The fourth-order valence-electron chi connectivity index (χ4n) is 8.96. The standard InChI is InChI=1S/C28H19F3N6OS.C22H16ClN5OS.C6H5BF3NO2/c1-16(36-25-24-26(34-14-33-25)39-15-35-24)21-12-18-6-5-9-20(17-10-11-32-22(13-17)28(29,30)31)23(18)27(38)37(21)19-7-3-2-4-8-19;1-13(27-20-19-21(25-11-24-20)30-12-26-19)17-10-14-6-5-9-16(23)18(14)22(29)28(17)15-7-3-2-4-8-15;8-6(9,10)5-3-4(7(12)13)1-2-11-5/h2-16H,1H3,(H,33,34,36);2-13H,1H3,(H,24,25,27);1-3,12-13H/t16-;13-;/m00./s1. The molecule has 8 aromatic heterocycles. The number of rotatable bonds is 10. The summed E-state index contributed by atoms with van der Waals surface area (Å²) in [7, 11) is -1.91. The number of anilines is 2. The second-order valence-electron chi connectivity index (χ2n) is 18.0. The lowest BCUT2D eigenvalue weighted by atomic mass is 9.81. The predicted molar refractivity (Wildman–Crippen MR) is 306 cm³/mol. The zero-order chi connectivity index (χ0) is 57.9. The van der Waals surface area contributed by atoms with Crippen molar-refractivity contribution in [2.24, 2.45) is 0 Å². The second-order valence-corrected chi connectivity index (χ2v) is 20.1. The molecule has 4 aromatic carbocycles. The summed E-state index contributed by atoms with van der Waals surface area (Å²) in [6, 6.07) is 36.6. The van der Waals surface area contributed by atoms with Gasteiger partial charge in [0.1, 0.15) is 44.7 Å². The van der Waals surface area contributed by atoms with Crippen molar-refractivity contribution in [3.63, 3.8) is 0 Å². The number of para-hydroxylation sites is 2. The third-order valence-corrected chi connectivity index (χ3v) is 14.5. The van der Waals surface area contributed by atoms with Crippen LogP contribution in [-0.4, -0.2) is 66.2 Å². The molecule has 0 saturated heterocycles. The largest absolute Gasteiger partial charge is 0.488 e. The lowest BCUT2D eigenvalue weighted by Gasteiger charge is -2.22.